The highest BCUT2D eigenvalue weighted by Gasteiger charge is 2.27. The van der Waals surface area contributed by atoms with Crippen LogP contribution in [0.4, 0.5) is 5.82 Å². The molecule has 1 saturated heterocycles. The van der Waals surface area contributed by atoms with Gasteiger partial charge in [-0.15, -0.1) is 11.3 Å². The number of fused-ring (bicyclic) bond motifs is 1. The van der Waals surface area contributed by atoms with Crippen molar-refractivity contribution >= 4 is 33.3 Å². The van der Waals surface area contributed by atoms with Gasteiger partial charge < -0.3 is 24.0 Å². The SMILES string of the molecule is COc1cc(C(=O)N2CCN(c3nc(C)nc4sc(C)c(C)c34)CC2)cc(OC)c1OC. The molecule has 32 heavy (non-hydrogen) atoms. The first-order valence-corrected chi connectivity index (χ1v) is 11.3. The van der Waals surface area contributed by atoms with Crippen LogP contribution in [0.3, 0.4) is 0 Å². The maximum atomic E-state index is 13.2. The van der Waals surface area contributed by atoms with Crippen LogP contribution in [-0.4, -0.2) is 68.3 Å². The van der Waals surface area contributed by atoms with Crippen molar-refractivity contribution in [3.63, 3.8) is 0 Å². The highest BCUT2D eigenvalue weighted by atomic mass is 32.1. The monoisotopic (exact) mass is 456 g/mol. The zero-order valence-electron chi connectivity index (χ0n) is 19.3. The van der Waals surface area contributed by atoms with Crippen molar-refractivity contribution in [1.82, 2.24) is 14.9 Å². The lowest BCUT2D eigenvalue weighted by molar-refractivity contribution is 0.0745. The van der Waals surface area contributed by atoms with Crippen LogP contribution in [0.15, 0.2) is 12.1 Å². The number of hydrogen-bond donors (Lipinski definition) is 0. The van der Waals surface area contributed by atoms with E-state index < -0.39 is 0 Å². The number of carbonyl (C=O) groups excluding carboxylic acids is 1. The number of nitrogens with zero attached hydrogens (tertiary/aromatic N) is 4. The Morgan fingerprint density at radius 2 is 1.56 bits per heavy atom. The summed E-state index contributed by atoms with van der Waals surface area (Å²) in [6.45, 7) is 8.78. The second-order valence-electron chi connectivity index (χ2n) is 7.75. The summed E-state index contributed by atoms with van der Waals surface area (Å²) < 4.78 is 16.2. The van der Waals surface area contributed by atoms with E-state index in [2.05, 4.69) is 23.7 Å². The summed E-state index contributed by atoms with van der Waals surface area (Å²) in [6.07, 6.45) is 0. The minimum Gasteiger partial charge on any atom is -0.493 e. The predicted octanol–water partition coefficient (Wildman–Crippen LogP) is 3.60. The van der Waals surface area contributed by atoms with E-state index in [-0.39, 0.29) is 5.91 Å². The van der Waals surface area contributed by atoms with E-state index in [1.807, 2.05) is 11.8 Å². The fraction of sp³-hybridized carbons (Fsp3) is 0.435. The van der Waals surface area contributed by atoms with Crippen LogP contribution >= 0.6 is 11.3 Å². The summed E-state index contributed by atoms with van der Waals surface area (Å²) in [7, 11) is 4.63. The maximum absolute atomic E-state index is 13.2. The van der Waals surface area contributed by atoms with Gasteiger partial charge in [0.2, 0.25) is 5.75 Å². The number of rotatable bonds is 5. The van der Waals surface area contributed by atoms with Crippen LogP contribution < -0.4 is 19.1 Å². The summed E-state index contributed by atoms with van der Waals surface area (Å²) in [5, 5.41) is 1.13. The summed E-state index contributed by atoms with van der Waals surface area (Å²) in [5.74, 6) is 3.09. The van der Waals surface area contributed by atoms with E-state index in [4.69, 9.17) is 19.2 Å². The highest BCUT2D eigenvalue weighted by molar-refractivity contribution is 7.18. The molecule has 0 spiro atoms. The van der Waals surface area contributed by atoms with Gasteiger partial charge in [-0.25, -0.2) is 9.97 Å². The number of thiophene rings is 1. The molecule has 0 aliphatic carbocycles. The van der Waals surface area contributed by atoms with Gasteiger partial charge in [-0.1, -0.05) is 0 Å². The standard InChI is InChI=1S/C23H28N4O4S/c1-13-14(2)32-22-19(13)21(24-15(3)25-22)26-7-9-27(10-8-26)23(28)16-11-17(29-4)20(31-6)18(12-16)30-5/h11-12H,7-10H2,1-6H3. The van der Waals surface area contributed by atoms with E-state index >= 15 is 0 Å². The molecular weight excluding hydrogens is 428 g/mol. The first-order valence-electron chi connectivity index (χ1n) is 10.5. The third kappa shape index (κ3) is 3.81. The van der Waals surface area contributed by atoms with Crippen molar-refractivity contribution in [3.8, 4) is 17.2 Å². The molecule has 3 heterocycles. The van der Waals surface area contributed by atoms with Gasteiger partial charge >= 0.3 is 0 Å². The quantitative estimate of drug-likeness (QED) is 0.580. The fourth-order valence-electron chi connectivity index (χ4n) is 4.07. The summed E-state index contributed by atoms with van der Waals surface area (Å²) >= 11 is 1.71. The Labute approximate surface area is 191 Å². The smallest absolute Gasteiger partial charge is 0.254 e. The van der Waals surface area contributed by atoms with Crippen molar-refractivity contribution in [3.05, 3.63) is 34.0 Å². The average Bonchev–Trinajstić information content (AvgIpc) is 3.09. The van der Waals surface area contributed by atoms with Crippen molar-refractivity contribution in [2.45, 2.75) is 20.8 Å². The van der Waals surface area contributed by atoms with E-state index in [1.54, 1.807) is 44.8 Å². The molecule has 1 aliphatic rings. The topological polar surface area (TPSA) is 77.0 Å². The van der Waals surface area contributed by atoms with Gasteiger partial charge in [0.15, 0.2) is 11.5 Å². The molecule has 0 radical (unpaired) electrons. The molecule has 9 heteroatoms. The van der Waals surface area contributed by atoms with Crippen molar-refractivity contribution < 1.29 is 19.0 Å². The van der Waals surface area contributed by atoms with Crippen LogP contribution in [0.1, 0.15) is 26.6 Å². The molecule has 0 N–H and O–H groups in total. The van der Waals surface area contributed by atoms with E-state index in [1.165, 1.54) is 10.4 Å². The molecule has 1 fully saturated rings. The third-order valence-electron chi connectivity index (χ3n) is 5.90. The van der Waals surface area contributed by atoms with Crippen molar-refractivity contribution in [2.24, 2.45) is 0 Å². The molecule has 1 amide bonds. The van der Waals surface area contributed by atoms with Gasteiger partial charge in [-0.2, -0.15) is 0 Å². The van der Waals surface area contributed by atoms with Crippen LogP contribution in [0.2, 0.25) is 0 Å². The predicted molar refractivity (Wildman–Crippen MR) is 126 cm³/mol. The first kappa shape index (κ1) is 22.1. The molecule has 170 valence electrons. The van der Waals surface area contributed by atoms with Crippen LogP contribution in [0.25, 0.3) is 10.2 Å². The van der Waals surface area contributed by atoms with Crippen LogP contribution in [-0.2, 0) is 0 Å². The molecule has 1 aliphatic heterocycles. The molecule has 8 nitrogen and oxygen atoms in total. The number of benzene rings is 1. The van der Waals surface area contributed by atoms with Gasteiger partial charge in [0.1, 0.15) is 16.5 Å². The molecule has 2 aromatic heterocycles. The Morgan fingerprint density at radius 3 is 2.12 bits per heavy atom. The minimum absolute atomic E-state index is 0.0597. The summed E-state index contributed by atoms with van der Waals surface area (Å²) in [6, 6.07) is 3.40. The summed E-state index contributed by atoms with van der Waals surface area (Å²) in [4.78, 5) is 29.0. The zero-order chi connectivity index (χ0) is 23.0. The molecule has 0 bridgehead atoms. The van der Waals surface area contributed by atoms with Crippen LogP contribution in [0, 0.1) is 20.8 Å². The average molecular weight is 457 g/mol. The number of carbonyl (C=O) groups is 1. The number of ether oxygens (including phenoxy) is 3. The minimum atomic E-state index is -0.0597. The van der Waals surface area contributed by atoms with Gasteiger partial charge in [-0.3, -0.25) is 4.79 Å². The van der Waals surface area contributed by atoms with Crippen molar-refractivity contribution in [2.75, 3.05) is 52.4 Å². The van der Waals surface area contributed by atoms with Gasteiger partial charge in [0.05, 0.1) is 26.7 Å². The fourth-order valence-corrected chi connectivity index (χ4v) is 5.14. The molecule has 0 saturated carbocycles. The molecule has 3 aromatic rings. The zero-order valence-corrected chi connectivity index (χ0v) is 20.1. The Balaban J connectivity index is 1.56. The number of aryl methyl sites for hydroxylation is 3. The first-order chi connectivity index (χ1) is 15.4. The van der Waals surface area contributed by atoms with E-state index in [0.29, 0.717) is 49.0 Å². The Kier molecular flexibility index (Phi) is 6.10. The normalized spacial score (nSPS) is 14.1. The number of piperazine rings is 1. The lowest BCUT2D eigenvalue weighted by Crippen LogP contribution is -2.49. The second kappa shape index (κ2) is 8.82. The number of anilines is 1. The van der Waals surface area contributed by atoms with E-state index in [9.17, 15) is 4.79 Å². The highest BCUT2D eigenvalue weighted by Crippen LogP contribution is 2.39. The molecule has 0 atom stereocenters. The van der Waals surface area contributed by atoms with Gasteiger partial charge in [0, 0.05) is 36.6 Å². The largest absolute Gasteiger partial charge is 0.493 e. The summed E-state index contributed by atoms with van der Waals surface area (Å²) in [5.41, 5.74) is 1.74. The number of methoxy groups -OCH3 is 3. The molecule has 0 unspecified atom stereocenters. The van der Waals surface area contributed by atoms with E-state index in [0.717, 1.165) is 21.9 Å². The number of amides is 1. The molecule has 4 rings (SSSR count). The Bertz CT molecular complexity index is 1140. The maximum Gasteiger partial charge on any atom is 0.254 e. The van der Waals surface area contributed by atoms with Crippen molar-refractivity contribution in [1.29, 1.82) is 0 Å². The number of hydrogen-bond acceptors (Lipinski definition) is 8. The molecular formula is C23H28N4O4S. The second-order valence-corrected chi connectivity index (χ2v) is 8.95. The molecule has 1 aromatic carbocycles. The van der Waals surface area contributed by atoms with Crippen LogP contribution in [0.5, 0.6) is 17.2 Å². The number of aromatic nitrogens is 2. The van der Waals surface area contributed by atoms with Gasteiger partial charge in [-0.05, 0) is 38.5 Å². The Hall–Kier alpha value is -3.07. The Morgan fingerprint density at radius 1 is 0.938 bits per heavy atom. The lowest BCUT2D eigenvalue weighted by atomic mass is 10.1. The third-order valence-corrected chi connectivity index (χ3v) is 7.00. The lowest BCUT2D eigenvalue weighted by Gasteiger charge is -2.36. The van der Waals surface area contributed by atoms with Gasteiger partial charge in [0.25, 0.3) is 5.91 Å².